The number of hydrogen-bond donors (Lipinski definition) is 0. The van der Waals surface area contributed by atoms with Crippen LogP contribution in [-0.2, 0) is 0 Å². The van der Waals surface area contributed by atoms with Gasteiger partial charge in [0.2, 0.25) is 5.88 Å². The van der Waals surface area contributed by atoms with Crippen LogP contribution < -0.4 is 4.74 Å². The van der Waals surface area contributed by atoms with Crippen LogP contribution in [0.2, 0.25) is 0 Å². The summed E-state index contributed by atoms with van der Waals surface area (Å²) in [6, 6.07) is 1.88. The van der Waals surface area contributed by atoms with Crippen molar-refractivity contribution in [2.24, 2.45) is 11.8 Å². The number of likely N-dealkylation sites (tertiary alicyclic amines) is 1. The van der Waals surface area contributed by atoms with E-state index in [-0.39, 0.29) is 5.91 Å². The maximum absolute atomic E-state index is 13.0. The average molecular weight is 304 g/mol. The van der Waals surface area contributed by atoms with Crippen LogP contribution in [0.25, 0.3) is 0 Å². The van der Waals surface area contributed by atoms with E-state index < -0.39 is 0 Å². The van der Waals surface area contributed by atoms with E-state index in [9.17, 15) is 4.79 Å². The molecule has 0 spiro atoms. The van der Waals surface area contributed by atoms with Gasteiger partial charge in [-0.25, -0.2) is 4.98 Å². The molecule has 0 saturated carbocycles. The van der Waals surface area contributed by atoms with Gasteiger partial charge in [0, 0.05) is 19.3 Å². The standard InChI is InChI=1S/C18H28N2O2/c1-5-22-17-16(14(4)8-10-19-17)18(21)20-11-6-7-15(9-12-20)13(2)3/h8,10,13,15H,5-7,9,11-12H2,1-4H3. The summed E-state index contributed by atoms with van der Waals surface area (Å²) in [6.45, 7) is 10.6. The summed E-state index contributed by atoms with van der Waals surface area (Å²) in [5.41, 5.74) is 1.57. The predicted octanol–water partition coefficient (Wildman–Crippen LogP) is 3.69. The van der Waals surface area contributed by atoms with Gasteiger partial charge in [-0.15, -0.1) is 0 Å². The first-order valence-corrected chi connectivity index (χ1v) is 8.42. The van der Waals surface area contributed by atoms with Crippen LogP contribution >= 0.6 is 0 Å². The summed E-state index contributed by atoms with van der Waals surface area (Å²) in [4.78, 5) is 19.2. The number of rotatable bonds is 4. The first-order valence-electron chi connectivity index (χ1n) is 8.42. The molecule has 0 radical (unpaired) electrons. The van der Waals surface area contributed by atoms with E-state index in [0.717, 1.165) is 37.4 Å². The zero-order chi connectivity index (χ0) is 16.1. The highest BCUT2D eigenvalue weighted by Gasteiger charge is 2.26. The molecular formula is C18H28N2O2. The molecule has 1 amide bonds. The van der Waals surface area contributed by atoms with Crippen LogP contribution in [0, 0.1) is 18.8 Å². The Hall–Kier alpha value is -1.58. The Morgan fingerprint density at radius 2 is 2.18 bits per heavy atom. The molecule has 1 fully saturated rings. The second-order valence-electron chi connectivity index (χ2n) is 6.47. The van der Waals surface area contributed by atoms with Gasteiger partial charge < -0.3 is 9.64 Å². The smallest absolute Gasteiger partial charge is 0.259 e. The molecule has 122 valence electrons. The molecule has 0 bridgehead atoms. The van der Waals surface area contributed by atoms with Gasteiger partial charge in [-0.1, -0.05) is 13.8 Å². The molecule has 1 aromatic heterocycles. The number of carbonyl (C=O) groups excluding carboxylic acids is 1. The van der Waals surface area contributed by atoms with E-state index in [1.54, 1.807) is 6.20 Å². The average Bonchev–Trinajstić information content (AvgIpc) is 2.73. The molecule has 1 atom stereocenters. The lowest BCUT2D eigenvalue weighted by molar-refractivity contribution is 0.0753. The number of aryl methyl sites for hydroxylation is 1. The summed E-state index contributed by atoms with van der Waals surface area (Å²) in [6.07, 6.45) is 5.09. The third kappa shape index (κ3) is 3.79. The molecule has 0 aromatic carbocycles. The van der Waals surface area contributed by atoms with Crippen molar-refractivity contribution in [3.63, 3.8) is 0 Å². The summed E-state index contributed by atoms with van der Waals surface area (Å²) >= 11 is 0. The molecule has 4 nitrogen and oxygen atoms in total. The largest absolute Gasteiger partial charge is 0.477 e. The third-order valence-electron chi connectivity index (χ3n) is 4.62. The Bertz CT molecular complexity index is 514. The number of nitrogens with zero attached hydrogens (tertiary/aromatic N) is 2. The summed E-state index contributed by atoms with van der Waals surface area (Å²) in [7, 11) is 0. The van der Waals surface area contributed by atoms with Gasteiger partial charge in [-0.05, 0) is 56.6 Å². The number of aromatic nitrogens is 1. The Morgan fingerprint density at radius 3 is 2.86 bits per heavy atom. The maximum Gasteiger partial charge on any atom is 0.259 e. The number of amides is 1. The Balaban J connectivity index is 2.18. The van der Waals surface area contributed by atoms with E-state index in [0.29, 0.717) is 24.0 Å². The van der Waals surface area contributed by atoms with Gasteiger partial charge in [0.25, 0.3) is 5.91 Å². The van der Waals surface area contributed by atoms with E-state index >= 15 is 0 Å². The van der Waals surface area contributed by atoms with Crippen molar-refractivity contribution < 1.29 is 9.53 Å². The maximum atomic E-state index is 13.0. The fourth-order valence-electron chi connectivity index (χ4n) is 3.19. The lowest BCUT2D eigenvalue weighted by atomic mass is 9.89. The zero-order valence-corrected chi connectivity index (χ0v) is 14.3. The molecule has 4 heteroatoms. The second-order valence-corrected chi connectivity index (χ2v) is 6.47. The molecule has 2 rings (SSSR count). The first-order chi connectivity index (χ1) is 10.5. The second kappa shape index (κ2) is 7.61. The van der Waals surface area contributed by atoms with Crippen LogP contribution in [0.15, 0.2) is 12.3 Å². The van der Waals surface area contributed by atoms with Gasteiger partial charge in [0.1, 0.15) is 5.56 Å². The van der Waals surface area contributed by atoms with Crippen molar-refractivity contribution in [1.82, 2.24) is 9.88 Å². The highest BCUT2D eigenvalue weighted by Crippen LogP contribution is 2.27. The molecule has 1 aliphatic heterocycles. The zero-order valence-electron chi connectivity index (χ0n) is 14.3. The van der Waals surface area contributed by atoms with Crippen LogP contribution in [0.5, 0.6) is 5.88 Å². The molecular weight excluding hydrogens is 276 g/mol. The third-order valence-corrected chi connectivity index (χ3v) is 4.62. The van der Waals surface area contributed by atoms with Crippen molar-refractivity contribution >= 4 is 5.91 Å². The molecule has 1 unspecified atom stereocenters. The quantitative estimate of drug-likeness (QED) is 0.852. The number of carbonyl (C=O) groups is 1. The highest BCUT2D eigenvalue weighted by atomic mass is 16.5. The van der Waals surface area contributed by atoms with Gasteiger partial charge >= 0.3 is 0 Å². The number of hydrogen-bond acceptors (Lipinski definition) is 3. The molecule has 0 N–H and O–H groups in total. The molecule has 1 aliphatic rings. The van der Waals surface area contributed by atoms with E-state index in [2.05, 4.69) is 18.8 Å². The van der Waals surface area contributed by atoms with Crippen molar-refractivity contribution in [2.45, 2.75) is 47.0 Å². The van der Waals surface area contributed by atoms with Gasteiger partial charge in [-0.3, -0.25) is 4.79 Å². The van der Waals surface area contributed by atoms with Crippen molar-refractivity contribution in [3.05, 3.63) is 23.4 Å². The molecule has 0 aliphatic carbocycles. The van der Waals surface area contributed by atoms with Gasteiger partial charge in [-0.2, -0.15) is 0 Å². The first kappa shape index (κ1) is 16.8. The molecule has 1 saturated heterocycles. The van der Waals surface area contributed by atoms with Gasteiger partial charge in [0.15, 0.2) is 0 Å². The van der Waals surface area contributed by atoms with Crippen molar-refractivity contribution in [3.8, 4) is 5.88 Å². The van der Waals surface area contributed by atoms with Crippen LogP contribution in [0.4, 0.5) is 0 Å². The minimum absolute atomic E-state index is 0.0680. The monoisotopic (exact) mass is 304 g/mol. The number of pyridine rings is 1. The van der Waals surface area contributed by atoms with E-state index in [1.165, 1.54) is 6.42 Å². The predicted molar refractivity (Wildman–Crippen MR) is 88.2 cm³/mol. The van der Waals surface area contributed by atoms with Crippen LogP contribution in [0.3, 0.4) is 0 Å². The normalized spacial score (nSPS) is 19.1. The number of ether oxygens (including phenoxy) is 1. The lowest BCUT2D eigenvalue weighted by Crippen LogP contribution is -2.33. The fraction of sp³-hybridized carbons (Fsp3) is 0.667. The molecule has 22 heavy (non-hydrogen) atoms. The fourth-order valence-corrected chi connectivity index (χ4v) is 3.19. The SMILES string of the molecule is CCOc1nccc(C)c1C(=O)N1CCCC(C(C)C)CC1. The van der Waals surface area contributed by atoms with Crippen LogP contribution in [0.1, 0.15) is 56.0 Å². The minimum atomic E-state index is 0.0680. The highest BCUT2D eigenvalue weighted by molar-refractivity contribution is 5.97. The summed E-state index contributed by atoms with van der Waals surface area (Å²) in [5, 5.41) is 0. The van der Waals surface area contributed by atoms with Crippen molar-refractivity contribution in [2.75, 3.05) is 19.7 Å². The van der Waals surface area contributed by atoms with Crippen molar-refractivity contribution in [1.29, 1.82) is 0 Å². The Labute approximate surface area is 133 Å². The Kier molecular flexibility index (Phi) is 5.81. The van der Waals surface area contributed by atoms with Gasteiger partial charge in [0.05, 0.1) is 6.61 Å². The lowest BCUT2D eigenvalue weighted by Gasteiger charge is -2.23. The summed E-state index contributed by atoms with van der Waals surface area (Å²) in [5.74, 6) is 1.95. The molecule has 2 heterocycles. The summed E-state index contributed by atoms with van der Waals surface area (Å²) < 4.78 is 5.56. The topological polar surface area (TPSA) is 42.4 Å². The molecule has 1 aromatic rings. The Morgan fingerprint density at radius 1 is 1.41 bits per heavy atom. The minimum Gasteiger partial charge on any atom is -0.477 e. The van der Waals surface area contributed by atoms with E-state index in [1.807, 2.05) is 24.8 Å². The van der Waals surface area contributed by atoms with Crippen LogP contribution in [-0.4, -0.2) is 35.5 Å². The van der Waals surface area contributed by atoms with E-state index in [4.69, 9.17) is 4.74 Å².